The first-order valence-corrected chi connectivity index (χ1v) is 14.9. The smallest absolute Gasteiger partial charge is 0.245 e. The summed E-state index contributed by atoms with van der Waals surface area (Å²) in [6.07, 6.45) is 6.59. The van der Waals surface area contributed by atoms with Crippen LogP contribution in [0.25, 0.3) is 0 Å². The third-order valence-corrected chi connectivity index (χ3v) is 8.70. The van der Waals surface area contributed by atoms with Crippen LogP contribution in [-0.2, 0) is 22.6 Å². The van der Waals surface area contributed by atoms with Gasteiger partial charge in [-0.25, -0.2) is 0 Å². The van der Waals surface area contributed by atoms with Crippen molar-refractivity contribution < 1.29 is 9.59 Å². The molecule has 212 valence electrons. The minimum absolute atomic E-state index is 0.0778. The molecule has 1 aliphatic carbocycles. The molecule has 0 unspecified atom stereocenters. The van der Waals surface area contributed by atoms with Crippen LogP contribution in [0.4, 0.5) is 0 Å². The van der Waals surface area contributed by atoms with Gasteiger partial charge in [-0.3, -0.25) is 14.5 Å². The fraction of sp³-hybridized carbons (Fsp3) is 0.533. The molecule has 0 bridgehead atoms. The SMILES string of the molecule is NCCC(=O)N[C@H](Cc1ccc(Cl)cc1Cl)C(=O)N1CCN(C2(CNCc3ccccc3)CCCCC2)CC1. The van der Waals surface area contributed by atoms with Gasteiger partial charge < -0.3 is 21.3 Å². The van der Waals surface area contributed by atoms with Gasteiger partial charge in [0.05, 0.1) is 0 Å². The van der Waals surface area contributed by atoms with E-state index in [2.05, 4.69) is 39.8 Å². The molecule has 1 atom stereocenters. The van der Waals surface area contributed by atoms with Crippen LogP contribution in [0.3, 0.4) is 0 Å². The second-order valence-electron chi connectivity index (χ2n) is 10.8. The van der Waals surface area contributed by atoms with Crippen LogP contribution in [-0.4, -0.2) is 72.5 Å². The number of nitrogens with zero attached hydrogens (tertiary/aromatic N) is 2. The number of carbonyl (C=O) groups is 2. The van der Waals surface area contributed by atoms with Crippen LogP contribution in [0.15, 0.2) is 48.5 Å². The first-order valence-electron chi connectivity index (χ1n) is 14.1. The van der Waals surface area contributed by atoms with Crippen LogP contribution in [0, 0.1) is 0 Å². The Labute approximate surface area is 242 Å². The molecule has 0 radical (unpaired) electrons. The Kier molecular flexibility index (Phi) is 11.1. The third-order valence-electron chi connectivity index (χ3n) is 8.12. The van der Waals surface area contributed by atoms with E-state index in [1.165, 1.54) is 37.7 Å². The third kappa shape index (κ3) is 8.18. The number of carbonyl (C=O) groups excluding carboxylic acids is 2. The van der Waals surface area contributed by atoms with Crippen molar-refractivity contribution in [2.75, 3.05) is 39.3 Å². The predicted molar refractivity (Wildman–Crippen MR) is 158 cm³/mol. The van der Waals surface area contributed by atoms with E-state index in [0.29, 0.717) is 29.6 Å². The van der Waals surface area contributed by atoms with Gasteiger partial charge in [0.1, 0.15) is 6.04 Å². The summed E-state index contributed by atoms with van der Waals surface area (Å²) in [4.78, 5) is 30.6. The van der Waals surface area contributed by atoms with Crippen molar-refractivity contribution in [1.82, 2.24) is 20.4 Å². The summed E-state index contributed by atoms with van der Waals surface area (Å²) >= 11 is 12.5. The molecule has 4 rings (SSSR count). The Morgan fingerprint density at radius 3 is 2.36 bits per heavy atom. The summed E-state index contributed by atoms with van der Waals surface area (Å²) in [5, 5.41) is 7.65. The lowest BCUT2D eigenvalue weighted by atomic mass is 9.79. The maximum atomic E-state index is 13.7. The fourth-order valence-electron chi connectivity index (χ4n) is 5.98. The van der Waals surface area contributed by atoms with Gasteiger partial charge in [0.25, 0.3) is 0 Å². The van der Waals surface area contributed by atoms with E-state index in [9.17, 15) is 9.59 Å². The highest BCUT2D eigenvalue weighted by atomic mass is 35.5. The summed E-state index contributed by atoms with van der Waals surface area (Å²) in [6.45, 7) is 4.95. The Morgan fingerprint density at radius 2 is 1.69 bits per heavy atom. The molecule has 2 aromatic carbocycles. The van der Waals surface area contributed by atoms with Crippen LogP contribution < -0.4 is 16.4 Å². The van der Waals surface area contributed by atoms with E-state index >= 15 is 0 Å². The number of nitrogens with one attached hydrogen (secondary N) is 2. The van der Waals surface area contributed by atoms with Crippen LogP contribution >= 0.6 is 23.2 Å². The first-order chi connectivity index (χ1) is 18.9. The Bertz CT molecular complexity index is 1090. The van der Waals surface area contributed by atoms with Crippen LogP contribution in [0.1, 0.15) is 49.7 Å². The normalized spacial score (nSPS) is 18.5. The topological polar surface area (TPSA) is 90.7 Å². The molecule has 2 aromatic rings. The monoisotopic (exact) mass is 573 g/mol. The minimum Gasteiger partial charge on any atom is -0.344 e. The zero-order chi connectivity index (χ0) is 27.7. The zero-order valence-corrected chi connectivity index (χ0v) is 24.2. The highest BCUT2D eigenvalue weighted by molar-refractivity contribution is 6.35. The summed E-state index contributed by atoms with van der Waals surface area (Å²) in [5.41, 5.74) is 7.77. The van der Waals surface area contributed by atoms with Gasteiger partial charge in [-0.15, -0.1) is 0 Å². The Balaban J connectivity index is 1.40. The average molecular weight is 575 g/mol. The maximum Gasteiger partial charge on any atom is 0.245 e. The van der Waals surface area contributed by atoms with Crippen molar-refractivity contribution in [2.24, 2.45) is 5.73 Å². The predicted octanol–water partition coefficient (Wildman–Crippen LogP) is 4.01. The second-order valence-corrected chi connectivity index (χ2v) is 11.6. The van der Waals surface area contributed by atoms with E-state index in [1.54, 1.807) is 12.1 Å². The molecule has 1 saturated heterocycles. The van der Waals surface area contributed by atoms with Crippen molar-refractivity contribution in [2.45, 2.75) is 63.1 Å². The quantitative estimate of drug-likeness (QED) is 0.378. The van der Waals surface area contributed by atoms with Crippen molar-refractivity contribution in [3.8, 4) is 0 Å². The van der Waals surface area contributed by atoms with E-state index < -0.39 is 6.04 Å². The van der Waals surface area contributed by atoms with Crippen molar-refractivity contribution in [1.29, 1.82) is 0 Å². The fourth-order valence-corrected chi connectivity index (χ4v) is 6.46. The maximum absolute atomic E-state index is 13.7. The largest absolute Gasteiger partial charge is 0.344 e. The summed E-state index contributed by atoms with van der Waals surface area (Å²) in [7, 11) is 0. The molecule has 4 N–H and O–H groups in total. The van der Waals surface area contributed by atoms with Gasteiger partial charge in [0.2, 0.25) is 11.8 Å². The molecule has 1 saturated carbocycles. The van der Waals surface area contributed by atoms with E-state index in [4.69, 9.17) is 28.9 Å². The lowest BCUT2D eigenvalue weighted by molar-refractivity contribution is -0.139. The summed E-state index contributed by atoms with van der Waals surface area (Å²) in [6, 6.07) is 15.0. The number of benzene rings is 2. The minimum atomic E-state index is -0.703. The molecule has 1 heterocycles. The van der Waals surface area contributed by atoms with Gasteiger partial charge >= 0.3 is 0 Å². The number of hydrogen-bond donors (Lipinski definition) is 3. The number of piperazine rings is 1. The number of nitrogens with two attached hydrogens (primary N) is 1. The molecular formula is C30H41Cl2N5O2. The van der Waals surface area contributed by atoms with Crippen molar-refractivity contribution >= 4 is 35.0 Å². The van der Waals surface area contributed by atoms with Gasteiger partial charge in [0.15, 0.2) is 0 Å². The number of halogens is 2. The number of rotatable bonds is 11. The molecule has 2 amide bonds. The molecule has 2 fully saturated rings. The lowest BCUT2D eigenvalue weighted by Crippen LogP contribution is -2.63. The number of hydrogen-bond acceptors (Lipinski definition) is 5. The zero-order valence-electron chi connectivity index (χ0n) is 22.6. The molecule has 9 heteroatoms. The second kappa shape index (κ2) is 14.5. The van der Waals surface area contributed by atoms with Gasteiger partial charge in [0, 0.05) is 74.2 Å². The van der Waals surface area contributed by atoms with E-state index in [0.717, 1.165) is 31.7 Å². The van der Waals surface area contributed by atoms with Gasteiger partial charge in [-0.1, -0.05) is 78.9 Å². The van der Waals surface area contributed by atoms with E-state index in [1.807, 2.05) is 17.0 Å². The molecular weight excluding hydrogens is 533 g/mol. The van der Waals surface area contributed by atoms with E-state index in [-0.39, 0.29) is 30.3 Å². The van der Waals surface area contributed by atoms with Crippen LogP contribution in [0.5, 0.6) is 0 Å². The highest BCUT2D eigenvalue weighted by Gasteiger charge is 2.40. The van der Waals surface area contributed by atoms with Crippen LogP contribution in [0.2, 0.25) is 10.0 Å². The number of amides is 2. The molecule has 2 aliphatic rings. The van der Waals surface area contributed by atoms with Crippen molar-refractivity contribution in [3.63, 3.8) is 0 Å². The molecule has 0 aromatic heterocycles. The summed E-state index contributed by atoms with van der Waals surface area (Å²) in [5.74, 6) is -0.309. The molecule has 0 spiro atoms. The average Bonchev–Trinajstić information content (AvgIpc) is 2.95. The van der Waals surface area contributed by atoms with Gasteiger partial charge in [-0.2, -0.15) is 0 Å². The Hall–Kier alpha value is -2.16. The molecule has 1 aliphatic heterocycles. The highest BCUT2D eigenvalue weighted by Crippen LogP contribution is 2.34. The molecule has 39 heavy (non-hydrogen) atoms. The Morgan fingerprint density at radius 1 is 0.974 bits per heavy atom. The molecule has 7 nitrogen and oxygen atoms in total. The lowest BCUT2D eigenvalue weighted by Gasteiger charge is -2.50. The summed E-state index contributed by atoms with van der Waals surface area (Å²) < 4.78 is 0. The van der Waals surface area contributed by atoms with Crippen molar-refractivity contribution in [3.05, 3.63) is 69.7 Å². The standard InChI is InChI=1S/C30H41Cl2N5O2/c31-25-10-9-24(26(32)20-25)19-27(35-28(38)11-14-33)29(39)36-15-17-37(18-16-36)30(12-5-2-6-13-30)22-34-21-23-7-3-1-4-8-23/h1,3-4,7-10,20,27,34H,2,5-6,11-19,21-22,33H2,(H,35,38)/t27-/m1/s1. The van der Waals surface area contributed by atoms with Gasteiger partial charge in [-0.05, 0) is 36.1 Å². The first kappa shape index (κ1) is 29.8.